The maximum absolute atomic E-state index is 4.02. The van der Waals surface area contributed by atoms with Gasteiger partial charge in [-0.2, -0.15) is 0 Å². The summed E-state index contributed by atoms with van der Waals surface area (Å²) >= 11 is 0. The fraction of sp³-hybridized carbons (Fsp3) is 0.400. The molecule has 0 atom stereocenters. The zero-order valence-electron chi connectivity index (χ0n) is 5.10. The van der Waals surface area contributed by atoms with Gasteiger partial charge in [-0.25, -0.2) is 0 Å². The van der Waals surface area contributed by atoms with Gasteiger partial charge in [0.25, 0.3) is 0 Å². The lowest BCUT2D eigenvalue weighted by Crippen LogP contribution is -2.14. The van der Waals surface area contributed by atoms with Gasteiger partial charge in [-0.05, 0) is 6.92 Å². The number of aromatic amines is 1. The van der Waals surface area contributed by atoms with Crippen molar-refractivity contribution in [3.8, 4) is 0 Å². The summed E-state index contributed by atoms with van der Waals surface area (Å²) in [7, 11) is 1.94. The standard InChI is InChI=1S/C5H8BN2/c1-4-3-7-5(6-2)8-4/h3H,1-2H3,(H,7,8). The second-order valence-electron chi connectivity index (χ2n) is 1.74. The summed E-state index contributed by atoms with van der Waals surface area (Å²) in [6, 6.07) is 0. The molecule has 0 fully saturated rings. The minimum atomic E-state index is 0.947. The number of hydrogen-bond donors (Lipinski definition) is 1. The molecule has 41 valence electrons. The highest BCUT2D eigenvalue weighted by Gasteiger charge is 1.90. The number of imidazole rings is 1. The van der Waals surface area contributed by atoms with Crippen molar-refractivity contribution >= 4 is 13.0 Å². The Morgan fingerprint density at radius 3 is 2.75 bits per heavy atom. The number of H-pyrrole nitrogens is 1. The first-order chi connectivity index (χ1) is 3.83. The van der Waals surface area contributed by atoms with Crippen molar-refractivity contribution in [3.05, 3.63) is 11.9 Å². The maximum atomic E-state index is 4.02. The largest absolute Gasteiger partial charge is 0.355 e. The van der Waals surface area contributed by atoms with Crippen molar-refractivity contribution in [2.24, 2.45) is 0 Å². The van der Waals surface area contributed by atoms with Crippen molar-refractivity contribution in [3.63, 3.8) is 0 Å². The zero-order valence-corrected chi connectivity index (χ0v) is 5.10. The summed E-state index contributed by atoms with van der Waals surface area (Å²) in [4.78, 5) is 7.08. The molecule has 0 amide bonds. The second kappa shape index (κ2) is 2.03. The van der Waals surface area contributed by atoms with Gasteiger partial charge >= 0.3 is 0 Å². The third kappa shape index (κ3) is 0.913. The van der Waals surface area contributed by atoms with Crippen molar-refractivity contribution in [1.82, 2.24) is 9.97 Å². The lowest BCUT2D eigenvalue weighted by atomic mass is 9.82. The van der Waals surface area contributed by atoms with Crippen molar-refractivity contribution in [2.45, 2.75) is 13.7 Å². The molecule has 1 radical (unpaired) electrons. The Bertz CT molecular complexity index is 171. The van der Waals surface area contributed by atoms with E-state index in [2.05, 4.69) is 9.97 Å². The normalized spacial score (nSPS) is 9.25. The molecule has 1 heterocycles. The second-order valence-corrected chi connectivity index (χ2v) is 1.74. The molecular formula is C5H8BN2. The van der Waals surface area contributed by atoms with Crippen LogP contribution in [0.25, 0.3) is 0 Å². The number of aromatic nitrogens is 2. The predicted molar refractivity (Wildman–Crippen MR) is 34.6 cm³/mol. The van der Waals surface area contributed by atoms with Crippen LogP contribution in [-0.2, 0) is 0 Å². The highest BCUT2D eigenvalue weighted by Crippen LogP contribution is 1.80. The van der Waals surface area contributed by atoms with Crippen LogP contribution in [0.3, 0.4) is 0 Å². The molecule has 1 N–H and O–H groups in total. The summed E-state index contributed by atoms with van der Waals surface area (Å²) in [6.45, 7) is 3.94. The van der Waals surface area contributed by atoms with Crippen LogP contribution in [0.1, 0.15) is 5.69 Å². The smallest absolute Gasteiger partial charge is 0.198 e. The Labute approximate surface area is 49.6 Å². The van der Waals surface area contributed by atoms with Gasteiger partial charge in [0.15, 0.2) is 7.28 Å². The van der Waals surface area contributed by atoms with Gasteiger partial charge in [0, 0.05) is 11.9 Å². The molecule has 0 unspecified atom stereocenters. The third-order valence-corrected chi connectivity index (χ3v) is 0.996. The SMILES string of the molecule is C[B]c1ncc(C)[nH]1. The van der Waals surface area contributed by atoms with Crippen LogP contribution >= 0.6 is 0 Å². The fourth-order valence-electron chi connectivity index (χ4n) is 0.580. The molecule has 0 aliphatic heterocycles. The van der Waals surface area contributed by atoms with E-state index in [1.54, 1.807) is 0 Å². The lowest BCUT2D eigenvalue weighted by molar-refractivity contribution is 1.29. The topological polar surface area (TPSA) is 28.7 Å². The summed E-state index contributed by atoms with van der Waals surface area (Å²) in [6.07, 6.45) is 1.81. The molecule has 0 aliphatic rings. The van der Waals surface area contributed by atoms with E-state index in [0.717, 1.165) is 11.4 Å². The molecule has 0 aromatic carbocycles. The lowest BCUT2D eigenvalue weighted by Gasteiger charge is -1.80. The highest BCUT2D eigenvalue weighted by atomic mass is 14.9. The number of aryl methyl sites for hydroxylation is 1. The summed E-state index contributed by atoms with van der Waals surface area (Å²) in [5.41, 5.74) is 2.06. The van der Waals surface area contributed by atoms with E-state index in [9.17, 15) is 0 Å². The van der Waals surface area contributed by atoms with Crippen LogP contribution in [-0.4, -0.2) is 17.2 Å². The first kappa shape index (κ1) is 5.41. The van der Waals surface area contributed by atoms with Crippen LogP contribution < -0.4 is 5.72 Å². The minimum Gasteiger partial charge on any atom is -0.355 e. The molecule has 3 heteroatoms. The van der Waals surface area contributed by atoms with Crippen LogP contribution in [0.4, 0.5) is 0 Å². The van der Waals surface area contributed by atoms with Gasteiger partial charge < -0.3 is 4.98 Å². The molecule has 1 aromatic heterocycles. The first-order valence-corrected chi connectivity index (χ1v) is 2.64. The van der Waals surface area contributed by atoms with Crippen LogP contribution in [0.5, 0.6) is 0 Å². The van der Waals surface area contributed by atoms with Crippen LogP contribution in [0, 0.1) is 6.92 Å². The van der Waals surface area contributed by atoms with Crippen molar-refractivity contribution < 1.29 is 0 Å². The zero-order chi connectivity index (χ0) is 5.98. The molecule has 8 heavy (non-hydrogen) atoms. The van der Waals surface area contributed by atoms with Gasteiger partial charge in [-0.1, -0.05) is 6.82 Å². The van der Waals surface area contributed by atoms with Gasteiger partial charge in [0.2, 0.25) is 0 Å². The van der Waals surface area contributed by atoms with Crippen molar-refractivity contribution in [1.29, 1.82) is 0 Å². The Morgan fingerprint density at radius 2 is 2.50 bits per heavy atom. The molecule has 0 bridgehead atoms. The van der Waals surface area contributed by atoms with E-state index >= 15 is 0 Å². The molecule has 0 saturated carbocycles. The minimum absolute atomic E-state index is 0.947. The maximum Gasteiger partial charge on any atom is 0.198 e. The fourth-order valence-corrected chi connectivity index (χ4v) is 0.580. The highest BCUT2D eigenvalue weighted by molar-refractivity contribution is 6.49. The van der Waals surface area contributed by atoms with Crippen LogP contribution in [0.15, 0.2) is 6.20 Å². The van der Waals surface area contributed by atoms with E-state index in [1.165, 1.54) is 0 Å². The Hall–Kier alpha value is -0.725. The summed E-state index contributed by atoms with van der Waals surface area (Å²) < 4.78 is 0. The van der Waals surface area contributed by atoms with Gasteiger partial charge in [-0.15, -0.1) is 0 Å². The number of nitrogens with zero attached hydrogens (tertiary/aromatic N) is 1. The van der Waals surface area contributed by atoms with Gasteiger partial charge in [0.05, 0.1) is 5.72 Å². The molecule has 0 aliphatic carbocycles. The predicted octanol–water partition coefficient (Wildman–Crippen LogP) is 0.0957. The Balaban J connectivity index is 2.84. The average molecular weight is 107 g/mol. The molecule has 0 saturated heterocycles. The molecular weight excluding hydrogens is 98.9 g/mol. The van der Waals surface area contributed by atoms with E-state index in [1.807, 2.05) is 27.2 Å². The molecule has 1 aromatic rings. The monoisotopic (exact) mass is 107 g/mol. The number of hydrogen-bond acceptors (Lipinski definition) is 1. The number of nitrogens with one attached hydrogen (secondary N) is 1. The molecule has 0 spiro atoms. The van der Waals surface area contributed by atoms with E-state index in [4.69, 9.17) is 0 Å². The van der Waals surface area contributed by atoms with Crippen LogP contribution in [0.2, 0.25) is 6.82 Å². The third-order valence-electron chi connectivity index (χ3n) is 0.996. The number of rotatable bonds is 1. The molecule has 2 nitrogen and oxygen atoms in total. The van der Waals surface area contributed by atoms with E-state index in [0.29, 0.717) is 0 Å². The van der Waals surface area contributed by atoms with E-state index < -0.39 is 0 Å². The Kier molecular flexibility index (Phi) is 1.37. The molecule has 1 rings (SSSR count). The Morgan fingerprint density at radius 1 is 1.75 bits per heavy atom. The van der Waals surface area contributed by atoms with Gasteiger partial charge in [-0.3, -0.25) is 4.98 Å². The van der Waals surface area contributed by atoms with E-state index in [-0.39, 0.29) is 0 Å². The quantitative estimate of drug-likeness (QED) is 0.506. The average Bonchev–Trinajstić information content (AvgIpc) is 2.14. The summed E-state index contributed by atoms with van der Waals surface area (Å²) in [5, 5.41) is 0. The first-order valence-electron chi connectivity index (χ1n) is 2.64. The van der Waals surface area contributed by atoms with Crippen molar-refractivity contribution in [2.75, 3.05) is 0 Å². The summed E-state index contributed by atoms with van der Waals surface area (Å²) in [5.74, 6) is 0. The van der Waals surface area contributed by atoms with Gasteiger partial charge in [0.1, 0.15) is 0 Å².